The van der Waals surface area contributed by atoms with E-state index in [4.69, 9.17) is 0 Å². The summed E-state index contributed by atoms with van der Waals surface area (Å²) in [6, 6.07) is 7.98. The van der Waals surface area contributed by atoms with Gasteiger partial charge in [0.05, 0.1) is 5.30 Å². The molecule has 1 aromatic rings. The lowest BCUT2D eigenvalue weighted by Gasteiger charge is -2.23. The lowest BCUT2D eigenvalue weighted by atomic mass is 10.4. The van der Waals surface area contributed by atoms with Crippen LogP contribution in [0.2, 0.25) is 0 Å². The van der Waals surface area contributed by atoms with Crippen molar-refractivity contribution in [1.82, 2.24) is 9.80 Å². The average Bonchev–Trinajstić information content (AvgIpc) is 2.26. The second-order valence-corrected chi connectivity index (χ2v) is 5.75. The molecule has 0 aliphatic rings. The summed E-state index contributed by atoms with van der Waals surface area (Å²) in [6.45, 7) is 0. The molecular formula is C11H17FN3OP. The molecule has 0 aromatic heterocycles. The van der Waals surface area contributed by atoms with Crippen LogP contribution in [-0.4, -0.2) is 44.0 Å². The molecule has 0 N–H and O–H groups in total. The van der Waals surface area contributed by atoms with E-state index < -0.39 is 7.60 Å². The molecule has 1 rings (SSSR count). The molecule has 0 aliphatic heterocycles. The smallest absolute Gasteiger partial charge is 0.349 e. The van der Waals surface area contributed by atoms with Gasteiger partial charge in [-0.2, -0.15) is 8.96 Å². The van der Waals surface area contributed by atoms with Gasteiger partial charge in [-0.05, 0) is 12.1 Å². The van der Waals surface area contributed by atoms with Gasteiger partial charge in [-0.15, -0.1) is 0 Å². The van der Waals surface area contributed by atoms with Gasteiger partial charge in [0, 0.05) is 28.2 Å². The van der Waals surface area contributed by atoms with Gasteiger partial charge in [0.25, 0.3) is 0 Å². The summed E-state index contributed by atoms with van der Waals surface area (Å²) in [5.74, 6) is 0.333. The van der Waals surface area contributed by atoms with Crippen LogP contribution < -0.4 is 5.30 Å². The van der Waals surface area contributed by atoms with Gasteiger partial charge in [0.2, 0.25) is 5.96 Å². The number of nitrogens with zero attached hydrogens (tertiary/aromatic N) is 3. The molecule has 0 saturated carbocycles. The van der Waals surface area contributed by atoms with Crippen LogP contribution >= 0.6 is 7.60 Å². The number of guanidine groups is 1. The van der Waals surface area contributed by atoms with Gasteiger partial charge < -0.3 is 9.80 Å². The van der Waals surface area contributed by atoms with Crippen molar-refractivity contribution < 1.29 is 8.76 Å². The highest BCUT2D eigenvalue weighted by Gasteiger charge is 2.24. The molecule has 0 bridgehead atoms. The number of benzene rings is 1. The van der Waals surface area contributed by atoms with Gasteiger partial charge in [-0.25, -0.2) is 0 Å². The maximum atomic E-state index is 14.1. The molecule has 1 atom stereocenters. The third kappa shape index (κ3) is 3.56. The first kappa shape index (κ1) is 13.7. The molecule has 94 valence electrons. The van der Waals surface area contributed by atoms with E-state index in [1.165, 1.54) is 12.1 Å². The quantitative estimate of drug-likeness (QED) is 0.461. The van der Waals surface area contributed by atoms with Crippen molar-refractivity contribution in [2.24, 2.45) is 4.76 Å². The fourth-order valence-electron chi connectivity index (χ4n) is 1.36. The van der Waals surface area contributed by atoms with Crippen molar-refractivity contribution >= 4 is 18.9 Å². The minimum absolute atomic E-state index is 0.112. The monoisotopic (exact) mass is 257 g/mol. The Hall–Kier alpha value is -1.35. The van der Waals surface area contributed by atoms with E-state index in [-0.39, 0.29) is 5.30 Å². The first-order valence-corrected chi connectivity index (χ1v) is 6.70. The molecule has 0 saturated heterocycles. The van der Waals surface area contributed by atoms with Crippen molar-refractivity contribution in [3.05, 3.63) is 30.3 Å². The van der Waals surface area contributed by atoms with Crippen molar-refractivity contribution in [1.29, 1.82) is 0 Å². The molecule has 0 aliphatic carbocycles. The fourth-order valence-corrected chi connectivity index (χ4v) is 2.61. The molecule has 0 amide bonds. The summed E-state index contributed by atoms with van der Waals surface area (Å²) in [6.07, 6.45) is 0. The predicted molar refractivity (Wildman–Crippen MR) is 69.6 cm³/mol. The van der Waals surface area contributed by atoms with Crippen LogP contribution in [0.1, 0.15) is 0 Å². The zero-order valence-corrected chi connectivity index (χ0v) is 11.4. The highest BCUT2D eigenvalue weighted by molar-refractivity contribution is 7.65. The molecule has 0 radical (unpaired) electrons. The van der Waals surface area contributed by atoms with Crippen molar-refractivity contribution in [3.8, 4) is 0 Å². The third-order valence-corrected chi connectivity index (χ3v) is 3.46. The van der Waals surface area contributed by atoms with Gasteiger partial charge in [0.1, 0.15) is 0 Å². The number of halogens is 1. The molecule has 0 heterocycles. The Labute approximate surface area is 101 Å². The number of rotatable bonds is 2. The SMILES string of the molecule is CN(C)C(=NP(=O)(F)c1ccccc1)N(C)C. The van der Waals surface area contributed by atoms with Crippen molar-refractivity contribution in [3.63, 3.8) is 0 Å². The normalized spacial score (nSPS) is 13.7. The lowest BCUT2D eigenvalue weighted by molar-refractivity contribution is 0.482. The molecule has 1 aromatic carbocycles. The van der Waals surface area contributed by atoms with E-state index in [1.807, 2.05) is 0 Å². The Morgan fingerprint density at radius 2 is 1.59 bits per heavy atom. The Morgan fingerprint density at radius 3 is 2.00 bits per heavy atom. The highest BCUT2D eigenvalue weighted by Crippen LogP contribution is 2.48. The standard InChI is InChI=1S/C11H17FN3OP/c1-14(2)11(15(3)4)13-17(12,16)10-8-6-5-7-9-10/h5-9H,1-4H3. The van der Waals surface area contributed by atoms with Gasteiger partial charge >= 0.3 is 7.60 Å². The van der Waals surface area contributed by atoms with Crippen LogP contribution in [0.25, 0.3) is 0 Å². The molecule has 4 nitrogen and oxygen atoms in total. The Bertz CT molecular complexity index is 435. The molecule has 1 unspecified atom stereocenters. The molecular weight excluding hydrogens is 240 g/mol. The minimum Gasteiger partial charge on any atom is -0.349 e. The maximum absolute atomic E-state index is 14.1. The largest absolute Gasteiger partial charge is 0.383 e. The summed E-state index contributed by atoms with van der Waals surface area (Å²) >= 11 is 0. The van der Waals surface area contributed by atoms with Gasteiger partial charge in [0.15, 0.2) is 0 Å². The first-order valence-electron chi connectivity index (χ1n) is 5.15. The van der Waals surface area contributed by atoms with E-state index in [1.54, 1.807) is 56.2 Å². The molecule has 6 heteroatoms. The fraction of sp³-hybridized carbons (Fsp3) is 0.364. The predicted octanol–water partition coefficient (Wildman–Crippen LogP) is 1.95. The zero-order chi connectivity index (χ0) is 13.1. The van der Waals surface area contributed by atoms with E-state index in [9.17, 15) is 8.76 Å². The molecule has 17 heavy (non-hydrogen) atoms. The van der Waals surface area contributed by atoms with Crippen molar-refractivity contribution in [2.45, 2.75) is 0 Å². The topological polar surface area (TPSA) is 35.9 Å². The second-order valence-electron chi connectivity index (χ2n) is 4.03. The van der Waals surface area contributed by atoms with E-state index in [0.717, 1.165) is 0 Å². The van der Waals surface area contributed by atoms with Crippen LogP contribution in [0.4, 0.5) is 4.20 Å². The summed E-state index contributed by atoms with van der Waals surface area (Å²) in [5, 5.41) is 0.112. The lowest BCUT2D eigenvalue weighted by Crippen LogP contribution is -2.35. The van der Waals surface area contributed by atoms with Crippen LogP contribution in [0.3, 0.4) is 0 Å². The third-order valence-electron chi connectivity index (χ3n) is 2.09. The summed E-state index contributed by atoms with van der Waals surface area (Å²) in [4.78, 5) is 3.24. The number of hydrogen-bond acceptors (Lipinski definition) is 1. The van der Waals surface area contributed by atoms with Crippen LogP contribution in [-0.2, 0) is 4.57 Å². The van der Waals surface area contributed by atoms with E-state index in [0.29, 0.717) is 5.96 Å². The Balaban J connectivity index is 3.15. The van der Waals surface area contributed by atoms with Gasteiger partial charge in [-0.3, -0.25) is 4.57 Å². The highest BCUT2D eigenvalue weighted by atomic mass is 31.2. The van der Waals surface area contributed by atoms with E-state index >= 15 is 0 Å². The van der Waals surface area contributed by atoms with Gasteiger partial charge in [-0.1, -0.05) is 18.2 Å². The summed E-state index contributed by atoms with van der Waals surface area (Å²) < 4.78 is 29.8. The minimum atomic E-state index is -4.20. The zero-order valence-electron chi connectivity index (χ0n) is 10.5. The van der Waals surface area contributed by atoms with Crippen LogP contribution in [0, 0.1) is 0 Å². The van der Waals surface area contributed by atoms with Crippen LogP contribution in [0.15, 0.2) is 35.1 Å². The molecule has 0 fully saturated rings. The number of hydrogen-bond donors (Lipinski definition) is 0. The van der Waals surface area contributed by atoms with E-state index in [2.05, 4.69) is 4.76 Å². The van der Waals surface area contributed by atoms with Crippen molar-refractivity contribution in [2.75, 3.05) is 28.2 Å². The Kier molecular flexibility index (Phi) is 4.29. The molecule has 0 spiro atoms. The average molecular weight is 257 g/mol. The van der Waals surface area contributed by atoms with Crippen LogP contribution in [0.5, 0.6) is 0 Å². The summed E-state index contributed by atoms with van der Waals surface area (Å²) in [7, 11) is 2.70. The maximum Gasteiger partial charge on any atom is 0.383 e. The Morgan fingerprint density at radius 1 is 1.12 bits per heavy atom. The summed E-state index contributed by atoms with van der Waals surface area (Å²) in [5.41, 5.74) is 0. The first-order chi connectivity index (χ1) is 7.84. The second kappa shape index (κ2) is 5.32.